The van der Waals surface area contributed by atoms with Crippen molar-refractivity contribution < 1.29 is 40.7 Å². The van der Waals surface area contributed by atoms with Crippen molar-refractivity contribution in [1.82, 2.24) is 9.88 Å². The Labute approximate surface area is 195 Å². The molecule has 0 unspecified atom stereocenters. The first-order valence-electron chi connectivity index (χ1n) is 10.5. The Bertz CT molecular complexity index is 1310. The zero-order valence-corrected chi connectivity index (χ0v) is 18.2. The van der Waals surface area contributed by atoms with Gasteiger partial charge in [0.1, 0.15) is 0 Å². The van der Waals surface area contributed by atoms with Crippen molar-refractivity contribution in [3.05, 3.63) is 76.6 Å². The minimum absolute atomic E-state index is 0.0161. The number of aromatic amines is 1. The number of nitrogens with one attached hydrogen (secondary N) is 1. The molecule has 2 heterocycles. The summed E-state index contributed by atoms with van der Waals surface area (Å²) < 4.78 is 84.7. The maximum absolute atomic E-state index is 13.3. The lowest BCUT2D eigenvalue weighted by atomic mass is 10.0. The van der Waals surface area contributed by atoms with Gasteiger partial charge >= 0.3 is 18.3 Å². The Kier molecular flexibility index (Phi) is 6.12. The number of hydrogen-bond donors (Lipinski definition) is 1. The fourth-order valence-corrected chi connectivity index (χ4v) is 3.97. The van der Waals surface area contributed by atoms with Crippen molar-refractivity contribution in [3.63, 3.8) is 0 Å². The molecular formula is C24H18F6N2O3. The Morgan fingerprint density at radius 1 is 1.00 bits per heavy atom. The van der Waals surface area contributed by atoms with Gasteiger partial charge in [0.2, 0.25) is 0 Å². The number of hydrogen-bond acceptors (Lipinski definition) is 3. The topological polar surface area (TPSA) is 62.4 Å². The number of para-hydroxylation sites is 1. The molecule has 1 aromatic heterocycles. The Balaban J connectivity index is 1.82. The number of amides is 1. The minimum Gasteiger partial charge on any atom is -0.462 e. The molecule has 0 aliphatic carbocycles. The maximum Gasteiger partial charge on any atom is 0.416 e. The van der Waals surface area contributed by atoms with Gasteiger partial charge in [-0.1, -0.05) is 18.2 Å². The van der Waals surface area contributed by atoms with Crippen LogP contribution in [0.25, 0.3) is 16.5 Å². The second-order valence-corrected chi connectivity index (χ2v) is 7.83. The molecule has 0 radical (unpaired) electrons. The smallest absolute Gasteiger partial charge is 0.416 e. The lowest BCUT2D eigenvalue weighted by Crippen LogP contribution is -2.28. The van der Waals surface area contributed by atoms with Crippen LogP contribution in [0.3, 0.4) is 0 Å². The summed E-state index contributed by atoms with van der Waals surface area (Å²) in [6, 6.07) is 7.84. The maximum atomic E-state index is 13.3. The van der Waals surface area contributed by atoms with Gasteiger partial charge in [-0.05, 0) is 43.2 Å². The van der Waals surface area contributed by atoms with Crippen LogP contribution in [0.2, 0.25) is 0 Å². The van der Waals surface area contributed by atoms with Gasteiger partial charge in [0, 0.05) is 29.2 Å². The Hall–Kier alpha value is -3.76. The van der Waals surface area contributed by atoms with Gasteiger partial charge in [-0.15, -0.1) is 0 Å². The highest BCUT2D eigenvalue weighted by Crippen LogP contribution is 2.37. The van der Waals surface area contributed by atoms with Crippen LogP contribution in [0.5, 0.6) is 0 Å². The van der Waals surface area contributed by atoms with Gasteiger partial charge in [-0.2, -0.15) is 26.3 Å². The number of H-pyrrole nitrogens is 1. The molecule has 0 spiro atoms. The van der Waals surface area contributed by atoms with Crippen molar-refractivity contribution >= 4 is 28.4 Å². The first-order chi connectivity index (χ1) is 16.4. The summed E-state index contributed by atoms with van der Waals surface area (Å²) >= 11 is 0. The van der Waals surface area contributed by atoms with Crippen LogP contribution in [0.15, 0.2) is 48.7 Å². The third kappa shape index (κ3) is 4.75. The molecule has 0 saturated heterocycles. The summed E-state index contributed by atoms with van der Waals surface area (Å²) in [4.78, 5) is 29.9. The van der Waals surface area contributed by atoms with E-state index in [1.807, 2.05) is 0 Å². The van der Waals surface area contributed by atoms with E-state index in [4.69, 9.17) is 4.74 Å². The molecule has 35 heavy (non-hydrogen) atoms. The van der Waals surface area contributed by atoms with Crippen LogP contribution in [0, 0.1) is 0 Å². The summed E-state index contributed by atoms with van der Waals surface area (Å²) in [5, 5.41) is 0.769. The number of alkyl halides is 6. The lowest BCUT2D eigenvalue weighted by Gasteiger charge is -2.20. The number of carbonyl (C=O) groups excluding carboxylic acids is 2. The lowest BCUT2D eigenvalue weighted by molar-refractivity contribution is -0.143. The number of fused-ring (bicyclic) bond motifs is 3. The molecule has 2 aromatic carbocycles. The molecule has 1 aliphatic rings. The van der Waals surface area contributed by atoms with Crippen LogP contribution in [0.1, 0.15) is 39.7 Å². The molecule has 5 nitrogen and oxygen atoms in total. The predicted molar refractivity (Wildman–Crippen MR) is 114 cm³/mol. The molecule has 0 atom stereocenters. The molecule has 0 saturated carbocycles. The van der Waals surface area contributed by atoms with Crippen LogP contribution >= 0.6 is 0 Å². The summed E-state index contributed by atoms with van der Waals surface area (Å²) in [6.07, 6.45) is -8.90. The number of aromatic nitrogens is 1. The van der Waals surface area contributed by atoms with E-state index in [1.165, 1.54) is 0 Å². The van der Waals surface area contributed by atoms with Crippen LogP contribution in [-0.2, 0) is 28.3 Å². The number of esters is 1. The first kappa shape index (κ1) is 24.4. The Morgan fingerprint density at radius 3 is 2.23 bits per heavy atom. The predicted octanol–water partition coefficient (Wildman–Crippen LogP) is 5.81. The summed E-state index contributed by atoms with van der Waals surface area (Å²) in [6.45, 7) is 1.50. The van der Waals surface area contributed by atoms with Crippen molar-refractivity contribution in [2.24, 2.45) is 0 Å². The van der Waals surface area contributed by atoms with E-state index in [-0.39, 0.29) is 31.2 Å². The van der Waals surface area contributed by atoms with Gasteiger partial charge in [-0.25, -0.2) is 4.79 Å². The monoisotopic (exact) mass is 496 g/mol. The average Bonchev–Trinajstić information content (AvgIpc) is 3.04. The van der Waals surface area contributed by atoms with Crippen LogP contribution in [0.4, 0.5) is 26.3 Å². The molecule has 1 N–H and O–H groups in total. The van der Waals surface area contributed by atoms with Gasteiger partial charge in [0.05, 0.1) is 29.0 Å². The molecule has 184 valence electrons. The van der Waals surface area contributed by atoms with E-state index in [0.717, 1.165) is 22.0 Å². The number of halogens is 6. The third-order valence-electron chi connectivity index (χ3n) is 5.56. The minimum atomic E-state index is -5.10. The Morgan fingerprint density at radius 2 is 1.63 bits per heavy atom. The van der Waals surface area contributed by atoms with E-state index in [9.17, 15) is 35.9 Å². The number of rotatable bonds is 3. The zero-order valence-electron chi connectivity index (χ0n) is 18.2. The highest BCUT2D eigenvalue weighted by atomic mass is 19.4. The quantitative estimate of drug-likeness (QED) is 0.368. The molecule has 0 bridgehead atoms. The van der Waals surface area contributed by atoms with Gasteiger partial charge in [0.15, 0.2) is 0 Å². The van der Waals surface area contributed by atoms with Crippen molar-refractivity contribution in [1.29, 1.82) is 0 Å². The van der Waals surface area contributed by atoms with E-state index in [2.05, 4.69) is 4.98 Å². The van der Waals surface area contributed by atoms with Crippen molar-refractivity contribution in [2.45, 2.75) is 25.7 Å². The third-order valence-corrected chi connectivity index (χ3v) is 5.56. The molecule has 3 aromatic rings. The summed E-state index contributed by atoms with van der Waals surface area (Å²) in [5.41, 5.74) is -2.29. The SMILES string of the molecule is CCOC(=O)C1=CN(C(=O)c2cc(C(F)(F)F)cc(C(F)(F)F)c2)CCc2c1[nH]c1ccccc21. The van der Waals surface area contributed by atoms with E-state index in [0.29, 0.717) is 23.4 Å². The number of nitrogens with zero attached hydrogens (tertiary/aromatic N) is 1. The standard InChI is InChI=1S/C24H18F6N2O3/c1-2-35-22(34)18-12-32(8-7-17-16-5-3-4-6-19(16)31-20(17)18)21(33)13-9-14(23(25,26)27)11-15(10-13)24(28,29)30/h3-6,9-12,31H,2,7-8H2,1H3. The normalized spacial score (nSPS) is 14.4. The largest absolute Gasteiger partial charge is 0.462 e. The molecule has 4 rings (SSSR count). The van der Waals surface area contributed by atoms with Crippen LogP contribution in [-0.4, -0.2) is 34.9 Å². The van der Waals surface area contributed by atoms with E-state index in [1.54, 1.807) is 31.2 Å². The molecule has 0 fully saturated rings. The molecule has 1 aliphatic heterocycles. The molecule has 1 amide bonds. The van der Waals surface area contributed by atoms with Crippen LogP contribution < -0.4 is 0 Å². The number of benzene rings is 2. The van der Waals surface area contributed by atoms with Gasteiger partial charge < -0.3 is 14.6 Å². The highest BCUT2D eigenvalue weighted by molar-refractivity contribution is 6.18. The van der Waals surface area contributed by atoms with Gasteiger partial charge in [0.25, 0.3) is 5.91 Å². The van der Waals surface area contributed by atoms with E-state index >= 15 is 0 Å². The second-order valence-electron chi connectivity index (χ2n) is 7.83. The highest BCUT2D eigenvalue weighted by Gasteiger charge is 2.38. The van der Waals surface area contributed by atoms with Gasteiger partial charge in [-0.3, -0.25) is 4.79 Å². The van der Waals surface area contributed by atoms with Crippen molar-refractivity contribution in [2.75, 3.05) is 13.2 Å². The number of carbonyl (C=O) groups is 2. The average molecular weight is 496 g/mol. The second kappa shape index (κ2) is 8.79. The van der Waals surface area contributed by atoms with Crippen molar-refractivity contribution in [3.8, 4) is 0 Å². The zero-order chi connectivity index (χ0) is 25.5. The molecular weight excluding hydrogens is 478 g/mol. The first-order valence-corrected chi connectivity index (χ1v) is 10.5. The fraction of sp³-hybridized carbons (Fsp3) is 0.250. The summed E-state index contributed by atoms with van der Waals surface area (Å²) in [7, 11) is 0. The number of ether oxygens (including phenoxy) is 1. The fourth-order valence-electron chi connectivity index (χ4n) is 3.97. The van der Waals surface area contributed by atoms with E-state index < -0.39 is 40.9 Å². The summed E-state index contributed by atoms with van der Waals surface area (Å²) in [5.74, 6) is -1.90. The molecule has 11 heteroatoms.